The van der Waals surface area contributed by atoms with E-state index in [-0.39, 0.29) is 5.91 Å². The molecule has 0 aliphatic rings. The number of nitrogens with zero attached hydrogens (tertiary/aromatic N) is 5. The van der Waals surface area contributed by atoms with E-state index in [2.05, 4.69) is 25.8 Å². The molecule has 1 atom stereocenters. The molecular formula is C24H27N7O. The summed E-state index contributed by atoms with van der Waals surface area (Å²) in [5.41, 5.74) is 4.90. The molecule has 0 fully saturated rings. The van der Waals surface area contributed by atoms with Crippen LogP contribution in [0.5, 0.6) is 0 Å². The lowest BCUT2D eigenvalue weighted by Gasteiger charge is -2.19. The molecule has 32 heavy (non-hydrogen) atoms. The van der Waals surface area contributed by atoms with Crippen LogP contribution < -0.4 is 10.6 Å². The molecule has 0 saturated heterocycles. The van der Waals surface area contributed by atoms with E-state index >= 15 is 0 Å². The zero-order chi connectivity index (χ0) is 22.5. The fourth-order valence-electron chi connectivity index (χ4n) is 3.63. The van der Waals surface area contributed by atoms with Gasteiger partial charge in [-0.05, 0) is 37.6 Å². The number of carbonyl (C=O) groups excluding carboxylic acids is 1. The number of amides is 1. The Balaban J connectivity index is 1.44. The summed E-state index contributed by atoms with van der Waals surface area (Å²) < 4.78 is 3.69. The second-order valence-corrected chi connectivity index (χ2v) is 7.77. The topological polar surface area (TPSA) is 89.7 Å². The van der Waals surface area contributed by atoms with Crippen molar-refractivity contribution in [2.24, 2.45) is 7.05 Å². The Morgan fingerprint density at radius 3 is 2.50 bits per heavy atom. The SMILES string of the molecule is Cc1cc(C)n(CCN[C@@H](C(=O)Nc2ccc(-c3cnn(C)c3)cn2)c2ccccc2)n1. The van der Waals surface area contributed by atoms with E-state index < -0.39 is 6.04 Å². The van der Waals surface area contributed by atoms with Crippen molar-refractivity contribution >= 4 is 11.7 Å². The number of hydrogen-bond donors (Lipinski definition) is 2. The highest BCUT2D eigenvalue weighted by molar-refractivity contribution is 5.94. The Kier molecular flexibility index (Phi) is 6.42. The summed E-state index contributed by atoms with van der Waals surface area (Å²) in [6, 6.07) is 15.0. The number of anilines is 1. The predicted octanol–water partition coefficient (Wildman–Crippen LogP) is 3.27. The number of rotatable bonds is 8. The molecule has 3 heterocycles. The van der Waals surface area contributed by atoms with Gasteiger partial charge in [0, 0.05) is 42.8 Å². The lowest BCUT2D eigenvalue weighted by atomic mass is 10.1. The second kappa shape index (κ2) is 9.57. The van der Waals surface area contributed by atoms with Crippen LogP contribution in [0, 0.1) is 13.8 Å². The number of carbonyl (C=O) groups is 1. The Labute approximate surface area is 187 Å². The van der Waals surface area contributed by atoms with Crippen LogP contribution in [0.1, 0.15) is 23.0 Å². The molecule has 0 unspecified atom stereocenters. The molecule has 0 spiro atoms. The molecule has 0 saturated carbocycles. The van der Waals surface area contributed by atoms with Gasteiger partial charge in [0.25, 0.3) is 0 Å². The van der Waals surface area contributed by atoms with Gasteiger partial charge in [-0.15, -0.1) is 0 Å². The summed E-state index contributed by atoms with van der Waals surface area (Å²) in [6.45, 7) is 5.28. The summed E-state index contributed by atoms with van der Waals surface area (Å²) in [4.78, 5) is 17.5. The first kappa shape index (κ1) is 21.5. The molecule has 164 valence electrons. The third-order valence-corrected chi connectivity index (χ3v) is 5.22. The van der Waals surface area contributed by atoms with Crippen molar-refractivity contribution in [2.45, 2.75) is 26.4 Å². The molecule has 4 rings (SSSR count). The summed E-state index contributed by atoms with van der Waals surface area (Å²) in [5, 5.41) is 15.0. The van der Waals surface area contributed by atoms with Crippen molar-refractivity contribution in [1.29, 1.82) is 0 Å². The normalized spacial score (nSPS) is 12.0. The molecule has 1 amide bonds. The first-order chi connectivity index (χ1) is 15.5. The van der Waals surface area contributed by atoms with Crippen LogP contribution in [-0.4, -0.2) is 37.0 Å². The average Bonchev–Trinajstić information content (AvgIpc) is 3.36. The van der Waals surface area contributed by atoms with E-state index in [0.717, 1.165) is 28.1 Å². The molecule has 3 aromatic heterocycles. The summed E-state index contributed by atoms with van der Waals surface area (Å²) in [6.07, 6.45) is 5.45. The standard InChI is InChI=1S/C24H27N7O/c1-17-13-18(2)31(29-17)12-11-25-23(19-7-5-4-6-8-19)24(32)28-22-10-9-20(14-26-22)21-15-27-30(3)16-21/h4-10,13-16,23,25H,11-12H2,1-3H3,(H,26,28,32)/t23-/m1/s1. The van der Waals surface area contributed by atoms with E-state index in [1.807, 2.05) is 74.2 Å². The van der Waals surface area contributed by atoms with Crippen LogP contribution in [-0.2, 0) is 18.4 Å². The van der Waals surface area contributed by atoms with Gasteiger partial charge in [-0.25, -0.2) is 4.98 Å². The maximum atomic E-state index is 13.1. The van der Waals surface area contributed by atoms with Gasteiger partial charge in [-0.1, -0.05) is 30.3 Å². The Morgan fingerprint density at radius 2 is 1.88 bits per heavy atom. The van der Waals surface area contributed by atoms with E-state index in [4.69, 9.17) is 0 Å². The molecule has 0 aliphatic carbocycles. The van der Waals surface area contributed by atoms with Crippen LogP contribution >= 0.6 is 0 Å². The van der Waals surface area contributed by atoms with Crippen LogP contribution in [0.2, 0.25) is 0 Å². The monoisotopic (exact) mass is 429 g/mol. The second-order valence-electron chi connectivity index (χ2n) is 7.77. The van der Waals surface area contributed by atoms with Gasteiger partial charge in [-0.2, -0.15) is 10.2 Å². The lowest BCUT2D eigenvalue weighted by Crippen LogP contribution is -2.35. The number of pyridine rings is 1. The maximum absolute atomic E-state index is 13.1. The minimum absolute atomic E-state index is 0.161. The molecule has 0 aliphatic heterocycles. The highest BCUT2D eigenvalue weighted by Crippen LogP contribution is 2.20. The first-order valence-corrected chi connectivity index (χ1v) is 10.5. The van der Waals surface area contributed by atoms with Gasteiger partial charge in [0.1, 0.15) is 11.9 Å². The molecule has 2 N–H and O–H groups in total. The number of nitrogens with one attached hydrogen (secondary N) is 2. The molecular weight excluding hydrogens is 402 g/mol. The van der Waals surface area contributed by atoms with E-state index in [9.17, 15) is 4.79 Å². The van der Waals surface area contributed by atoms with Gasteiger partial charge in [0.2, 0.25) is 5.91 Å². The first-order valence-electron chi connectivity index (χ1n) is 10.5. The zero-order valence-electron chi connectivity index (χ0n) is 18.5. The van der Waals surface area contributed by atoms with E-state index in [1.54, 1.807) is 23.1 Å². The number of aryl methyl sites for hydroxylation is 3. The van der Waals surface area contributed by atoms with Crippen LogP contribution in [0.3, 0.4) is 0 Å². The lowest BCUT2D eigenvalue weighted by molar-refractivity contribution is -0.118. The maximum Gasteiger partial charge on any atom is 0.247 e. The number of aromatic nitrogens is 5. The third-order valence-electron chi connectivity index (χ3n) is 5.22. The number of hydrogen-bond acceptors (Lipinski definition) is 5. The number of benzene rings is 1. The van der Waals surface area contributed by atoms with Crippen molar-refractivity contribution < 1.29 is 4.79 Å². The van der Waals surface area contributed by atoms with Crippen molar-refractivity contribution in [1.82, 2.24) is 29.9 Å². The molecule has 4 aromatic rings. The molecule has 0 bridgehead atoms. The molecule has 0 radical (unpaired) electrons. The van der Waals surface area contributed by atoms with Gasteiger partial charge in [0.15, 0.2) is 0 Å². The minimum Gasteiger partial charge on any atom is -0.309 e. The fraction of sp³-hybridized carbons (Fsp3) is 0.250. The largest absolute Gasteiger partial charge is 0.309 e. The smallest absolute Gasteiger partial charge is 0.247 e. The van der Waals surface area contributed by atoms with Gasteiger partial charge in [-0.3, -0.25) is 14.2 Å². The van der Waals surface area contributed by atoms with E-state index in [1.165, 1.54) is 0 Å². The predicted molar refractivity (Wildman–Crippen MR) is 124 cm³/mol. The average molecular weight is 430 g/mol. The van der Waals surface area contributed by atoms with Crippen molar-refractivity contribution in [2.75, 3.05) is 11.9 Å². The minimum atomic E-state index is -0.507. The summed E-state index contributed by atoms with van der Waals surface area (Å²) in [7, 11) is 1.87. The van der Waals surface area contributed by atoms with Gasteiger partial charge in [0.05, 0.1) is 18.4 Å². The van der Waals surface area contributed by atoms with Crippen LogP contribution in [0.25, 0.3) is 11.1 Å². The zero-order valence-corrected chi connectivity index (χ0v) is 18.5. The highest BCUT2D eigenvalue weighted by atomic mass is 16.2. The Bertz CT molecular complexity index is 1180. The summed E-state index contributed by atoms with van der Waals surface area (Å²) in [5.74, 6) is 0.343. The quantitative estimate of drug-likeness (QED) is 0.449. The van der Waals surface area contributed by atoms with Gasteiger partial charge < -0.3 is 10.6 Å². The Hall–Kier alpha value is -3.78. The highest BCUT2D eigenvalue weighted by Gasteiger charge is 2.20. The summed E-state index contributed by atoms with van der Waals surface area (Å²) >= 11 is 0. The van der Waals surface area contributed by atoms with Gasteiger partial charge >= 0.3 is 0 Å². The molecule has 1 aromatic carbocycles. The molecule has 8 nitrogen and oxygen atoms in total. The van der Waals surface area contributed by atoms with Crippen molar-refractivity contribution in [3.8, 4) is 11.1 Å². The van der Waals surface area contributed by atoms with Crippen molar-refractivity contribution in [3.63, 3.8) is 0 Å². The van der Waals surface area contributed by atoms with Crippen LogP contribution in [0.15, 0.2) is 67.1 Å². The third kappa shape index (κ3) is 5.09. The Morgan fingerprint density at radius 1 is 1.06 bits per heavy atom. The molecule has 8 heteroatoms. The van der Waals surface area contributed by atoms with E-state index in [0.29, 0.717) is 18.9 Å². The van der Waals surface area contributed by atoms with Crippen molar-refractivity contribution in [3.05, 3.63) is 84.1 Å². The fourth-order valence-corrected chi connectivity index (χ4v) is 3.63. The van der Waals surface area contributed by atoms with Crippen LogP contribution in [0.4, 0.5) is 5.82 Å².